The van der Waals surface area contributed by atoms with Crippen molar-refractivity contribution in [2.75, 3.05) is 31.7 Å². The largest absolute Gasteiger partial charge is 0.381 e. The van der Waals surface area contributed by atoms with Crippen molar-refractivity contribution >= 4 is 55.2 Å². The lowest BCUT2D eigenvalue weighted by Crippen LogP contribution is -2.51. The third-order valence-electron chi connectivity index (χ3n) is 9.23. The Morgan fingerprint density at radius 1 is 1.04 bits per heavy atom. The smallest absolute Gasteiger partial charge is 0.264 e. The Morgan fingerprint density at radius 3 is 2.06 bits per heavy atom. The minimum Gasteiger partial charge on any atom is -0.381 e. The summed E-state index contributed by atoms with van der Waals surface area (Å²) in [6.07, 6.45) is 4.00. The first-order valence-corrected chi connectivity index (χ1v) is 21.0. The number of hydrogen-bond acceptors (Lipinski definition) is 11. The number of aromatic nitrogens is 2. The van der Waals surface area contributed by atoms with E-state index < -0.39 is 54.5 Å². The predicted octanol–water partition coefficient (Wildman–Crippen LogP) is 4.76. The Hall–Kier alpha value is -1.91. The van der Waals surface area contributed by atoms with E-state index in [0.717, 1.165) is 0 Å². The number of unbranched alkanes of at least 4 members (excludes halogenated alkanes) is 2. The van der Waals surface area contributed by atoms with Crippen LogP contribution in [0.5, 0.6) is 0 Å². The fourth-order valence-corrected chi connectivity index (χ4v) is 8.96. The summed E-state index contributed by atoms with van der Waals surface area (Å²) < 4.78 is 70.5. The van der Waals surface area contributed by atoms with Gasteiger partial charge in [-0.15, -0.1) is 28.3 Å². The number of methoxy groups -OCH3 is 1. The quantitative estimate of drug-likeness (QED) is 0.0899. The minimum absolute atomic E-state index is 0.0626. The highest BCUT2D eigenvalue weighted by Crippen LogP contribution is 2.42. The number of halogens is 2. The molecule has 5 atom stereocenters. The van der Waals surface area contributed by atoms with E-state index in [0.29, 0.717) is 63.7 Å². The molecule has 0 radical (unpaired) electrons. The second-order valence-corrected chi connectivity index (χ2v) is 18.5. The number of alkyl halides is 2. The van der Waals surface area contributed by atoms with Crippen LogP contribution in [0.2, 0.25) is 0 Å². The lowest BCUT2D eigenvalue weighted by atomic mass is 9.86. The summed E-state index contributed by atoms with van der Waals surface area (Å²) in [4.78, 5) is 14.5. The lowest BCUT2D eigenvalue weighted by Gasteiger charge is -2.40. The number of amides is 1. The van der Waals surface area contributed by atoms with Crippen molar-refractivity contribution < 1.29 is 35.5 Å². The van der Waals surface area contributed by atoms with Gasteiger partial charge >= 0.3 is 0 Å². The Kier molecular flexibility index (Phi) is 15.5. The molecular formula is C31H51Cl2N7O8S2. The van der Waals surface area contributed by atoms with Gasteiger partial charge in [0.15, 0.2) is 5.82 Å². The molecule has 2 saturated carbocycles. The first kappa shape index (κ1) is 42.5. The van der Waals surface area contributed by atoms with E-state index in [1.807, 2.05) is 20.8 Å². The van der Waals surface area contributed by atoms with Crippen molar-refractivity contribution in [2.24, 2.45) is 10.2 Å². The number of nitrogens with one attached hydrogen (secondary N) is 1. The predicted molar refractivity (Wildman–Crippen MR) is 190 cm³/mol. The zero-order valence-corrected chi connectivity index (χ0v) is 32.5. The van der Waals surface area contributed by atoms with Crippen molar-refractivity contribution in [1.29, 1.82) is 5.26 Å². The molecule has 19 heteroatoms. The molecule has 0 saturated heterocycles. The summed E-state index contributed by atoms with van der Waals surface area (Å²) in [5.74, 6) is -0.748. The normalized spacial score (nSPS) is 26.7. The molecule has 284 valence electrons. The zero-order chi connectivity index (χ0) is 37.4. The number of nitrogens with zero attached hydrogens (tertiary/aromatic N) is 6. The van der Waals surface area contributed by atoms with E-state index in [9.17, 15) is 26.9 Å². The average Bonchev–Trinajstić information content (AvgIpc) is 3.36. The molecule has 1 aromatic rings. The molecule has 1 heterocycles. The highest BCUT2D eigenvalue weighted by molar-refractivity contribution is 7.86. The topological polar surface area (TPSA) is 217 Å². The van der Waals surface area contributed by atoms with Crippen LogP contribution in [-0.4, -0.2) is 113 Å². The first-order valence-electron chi connectivity index (χ1n) is 16.9. The van der Waals surface area contributed by atoms with Crippen molar-refractivity contribution in [3.05, 3.63) is 11.3 Å². The van der Waals surface area contributed by atoms with Gasteiger partial charge in [-0.2, -0.15) is 32.3 Å². The number of hydrogen-bond donors (Lipinski definition) is 3. The Balaban J connectivity index is 1.90. The van der Waals surface area contributed by atoms with Crippen LogP contribution < -0.4 is 5.32 Å². The summed E-state index contributed by atoms with van der Waals surface area (Å²) in [5, 5.41) is 26.6. The summed E-state index contributed by atoms with van der Waals surface area (Å²) in [6.45, 7) is 8.22. The van der Waals surface area contributed by atoms with Gasteiger partial charge in [-0.3, -0.25) is 13.9 Å². The zero-order valence-electron chi connectivity index (χ0n) is 29.3. The van der Waals surface area contributed by atoms with Gasteiger partial charge in [0.2, 0.25) is 5.91 Å². The lowest BCUT2D eigenvalue weighted by molar-refractivity contribution is -0.120. The van der Waals surface area contributed by atoms with E-state index >= 15 is 0 Å². The monoisotopic (exact) mass is 783 g/mol. The van der Waals surface area contributed by atoms with E-state index in [2.05, 4.69) is 21.4 Å². The number of azo groups is 1. The molecule has 1 aromatic heterocycles. The molecular weight excluding hydrogens is 733 g/mol. The van der Waals surface area contributed by atoms with Crippen LogP contribution in [0.3, 0.4) is 0 Å². The minimum atomic E-state index is -4.11. The number of rotatable bonds is 16. The van der Waals surface area contributed by atoms with Gasteiger partial charge in [0.25, 0.3) is 20.2 Å². The molecule has 2 aliphatic carbocycles. The molecule has 5 unspecified atom stereocenters. The standard InChI is InChI=1S/C31H51Cl2N7O8S2/c1-20(41)35-27-16-21(39(12-6-8-14-49(42,43)44)13-7-9-15-50(45,46)47)10-11-26(27)36-37-30-23(19-34)29(31(2,3)4)38-40(30)28-24(32)17-22(48-5)18-25(28)33/h21-22,24-28H,6-18H2,1-5H3,(H,35,41)(H,42,43,44)(H,45,46,47). The van der Waals surface area contributed by atoms with Gasteiger partial charge in [-0.25, -0.2) is 4.68 Å². The summed E-state index contributed by atoms with van der Waals surface area (Å²) in [7, 11) is -6.59. The highest BCUT2D eigenvalue weighted by Gasteiger charge is 2.41. The van der Waals surface area contributed by atoms with Crippen LogP contribution in [0.25, 0.3) is 0 Å². The van der Waals surface area contributed by atoms with E-state index in [-0.39, 0.29) is 53.8 Å². The maximum atomic E-state index is 12.4. The summed E-state index contributed by atoms with van der Waals surface area (Å²) in [6, 6.07) is 0.833. The maximum Gasteiger partial charge on any atom is 0.264 e. The summed E-state index contributed by atoms with van der Waals surface area (Å²) >= 11 is 13.7. The number of carbonyl (C=O) groups is 1. The molecule has 1 amide bonds. The molecule has 0 bridgehead atoms. The Bertz CT molecular complexity index is 1540. The molecule has 2 fully saturated rings. The molecule has 3 N–H and O–H groups in total. The fourth-order valence-electron chi connectivity index (χ4n) is 6.78. The fraction of sp³-hybridized carbons (Fsp3) is 0.839. The SMILES string of the molecule is COC1CC(Cl)C(n2nc(C(C)(C)C)c(C#N)c2N=NC2CCC(N(CCCCS(=O)(=O)O)CCCCS(=O)(=O)O)CC2NC(C)=O)C(Cl)C1. The van der Waals surface area contributed by atoms with Crippen LogP contribution in [0, 0.1) is 11.3 Å². The number of carbonyl (C=O) groups excluding carboxylic acids is 1. The van der Waals surface area contributed by atoms with E-state index in [1.165, 1.54) is 6.92 Å². The van der Waals surface area contributed by atoms with Crippen molar-refractivity contribution in [3.63, 3.8) is 0 Å². The third-order valence-corrected chi connectivity index (χ3v) is 11.7. The summed E-state index contributed by atoms with van der Waals surface area (Å²) in [5.41, 5.74) is 0.307. The van der Waals surface area contributed by atoms with Crippen LogP contribution in [-0.2, 0) is 35.2 Å². The Morgan fingerprint density at radius 2 is 1.60 bits per heavy atom. The van der Waals surface area contributed by atoms with Crippen LogP contribution in [0.15, 0.2) is 10.2 Å². The molecule has 15 nitrogen and oxygen atoms in total. The Labute approximate surface area is 306 Å². The maximum absolute atomic E-state index is 12.4. The molecule has 2 aliphatic rings. The van der Waals surface area contributed by atoms with E-state index in [1.54, 1.807) is 11.8 Å². The second-order valence-electron chi connectivity index (χ2n) is 14.3. The van der Waals surface area contributed by atoms with Gasteiger partial charge in [0.1, 0.15) is 11.6 Å². The van der Waals surface area contributed by atoms with Crippen molar-refractivity contribution in [3.8, 4) is 6.07 Å². The van der Waals surface area contributed by atoms with Gasteiger partial charge in [-0.05, 0) is 70.9 Å². The third kappa shape index (κ3) is 12.6. The molecule has 3 rings (SSSR count). The van der Waals surface area contributed by atoms with Gasteiger partial charge in [0, 0.05) is 25.5 Å². The van der Waals surface area contributed by atoms with Crippen molar-refractivity contribution in [1.82, 2.24) is 20.0 Å². The first-order chi connectivity index (χ1) is 23.2. The highest BCUT2D eigenvalue weighted by atomic mass is 35.5. The van der Waals surface area contributed by atoms with Gasteiger partial charge in [0.05, 0.1) is 52.2 Å². The number of nitriles is 1. The molecule has 0 aliphatic heterocycles. The molecule has 0 spiro atoms. The van der Waals surface area contributed by atoms with Gasteiger partial charge in [-0.1, -0.05) is 20.8 Å². The van der Waals surface area contributed by atoms with Crippen LogP contribution in [0.4, 0.5) is 5.82 Å². The van der Waals surface area contributed by atoms with Crippen LogP contribution in [0.1, 0.15) is 103 Å². The average molecular weight is 785 g/mol. The van der Waals surface area contributed by atoms with E-state index in [4.69, 9.17) is 47.3 Å². The molecule has 50 heavy (non-hydrogen) atoms. The number of ether oxygens (including phenoxy) is 1. The molecule has 0 aromatic carbocycles. The second kappa shape index (κ2) is 18.2. The van der Waals surface area contributed by atoms with Crippen LogP contribution >= 0.6 is 23.2 Å². The van der Waals surface area contributed by atoms with Gasteiger partial charge < -0.3 is 15.0 Å². The van der Waals surface area contributed by atoms with Crippen molar-refractivity contribution in [2.45, 2.75) is 132 Å².